The van der Waals surface area contributed by atoms with Crippen LogP contribution in [0.1, 0.15) is 21.8 Å². The van der Waals surface area contributed by atoms with E-state index in [0.717, 1.165) is 0 Å². The van der Waals surface area contributed by atoms with Gasteiger partial charge in [-0.2, -0.15) is 0 Å². The molecule has 0 atom stereocenters. The van der Waals surface area contributed by atoms with Crippen molar-refractivity contribution in [2.45, 2.75) is 13.8 Å². The van der Waals surface area contributed by atoms with Crippen molar-refractivity contribution >= 4 is 11.9 Å². The molecular weight excluding hydrogens is 174 g/mol. The number of hydrogen-bond donors (Lipinski definition) is 2. The molecule has 1 rings (SSSR count). The Balaban J connectivity index is 2.89. The highest BCUT2D eigenvalue weighted by molar-refractivity contribution is 6.03. The van der Waals surface area contributed by atoms with Crippen molar-refractivity contribution in [1.82, 2.24) is 10.5 Å². The van der Waals surface area contributed by atoms with Gasteiger partial charge in [0.1, 0.15) is 5.76 Å². The van der Waals surface area contributed by atoms with Gasteiger partial charge in [0.25, 0.3) is 5.91 Å². The summed E-state index contributed by atoms with van der Waals surface area (Å²) in [5.41, 5.74) is 5.43. The Morgan fingerprint density at radius 3 is 2.46 bits per heavy atom. The minimum Gasteiger partial charge on any atom is -0.361 e. The second-order valence-corrected chi connectivity index (χ2v) is 2.53. The van der Waals surface area contributed by atoms with Gasteiger partial charge in [-0.05, 0) is 13.8 Å². The monoisotopic (exact) mass is 183 g/mol. The van der Waals surface area contributed by atoms with Gasteiger partial charge in [0, 0.05) is 5.56 Å². The third-order valence-corrected chi connectivity index (χ3v) is 1.61. The number of imide groups is 1. The predicted molar refractivity (Wildman–Crippen MR) is 43.0 cm³/mol. The number of nitrogens with two attached hydrogens (primary N) is 1. The molecule has 1 aromatic heterocycles. The molecule has 1 heterocycles. The van der Waals surface area contributed by atoms with Gasteiger partial charge < -0.3 is 10.3 Å². The summed E-state index contributed by atoms with van der Waals surface area (Å²) in [6.45, 7) is 3.34. The highest BCUT2D eigenvalue weighted by Gasteiger charge is 2.17. The summed E-state index contributed by atoms with van der Waals surface area (Å²) in [5, 5.41) is 5.36. The molecule has 0 bridgehead atoms. The van der Waals surface area contributed by atoms with Crippen LogP contribution < -0.4 is 11.1 Å². The molecular formula is C7H9N3O3. The molecule has 3 N–H and O–H groups in total. The van der Waals surface area contributed by atoms with E-state index in [1.165, 1.54) is 0 Å². The molecule has 0 saturated carbocycles. The van der Waals surface area contributed by atoms with Crippen molar-refractivity contribution in [1.29, 1.82) is 0 Å². The smallest absolute Gasteiger partial charge is 0.319 e. The van der Waals surface area contributed by atoms with Crippen molar-refractivity contribution in [2.75, 3.05) is 0 Å². The van der Waals surface area contributed by atoms with Crippen molar-refractivity contribution < 1.29 is 14.1 Å². The van der Waals surface area contributed by atoms with E-state index < -0.39 is 11.9 Å². The Bertz CT molecular complexity index is 356. The highest BCUT2D eigenvalue weighted by atomic mass is 16.5. The van der Waals surface area contributed by atoms with E-state index in [4.69, 9.17) is 10.3 Å². The lowest BCUT2D eigenvalue weighted by atomic mass is 10.2. The summed E-state index contributed by atoms with van der Waals surface area (Å²) in [6, 6.07) is -0.912. The van der Waals surface area contributed by atoms with Crippen LogP contribution in [0.3, 0.4) is 0 Å². The molecule has 1 aromatic rings. The number of nitrogens with one attached hydrogen (secondary N) is 1. The average molecular weight is 183 g/mol. The Morgan fingerprint density at radius 1 is 1.46 bits per heavy atom. The van der Waals surface area contributed by atoms with Crippen LogP contribution in [0.25, 0.3) is 0 Å². The number of aryl methyl sites for hydroxylation is 1. The molecule has 6 nitrogen and oxygen atoms in total. The summed E-state index contributed by atoms with van der Waals surface area (Å²) in [7, 11) is 0. The predicted octanol–water partition coefficient (Wildman–Crippen LogP) is 0.0999. The largest absolute Gasteiger partial charge is 0.361 e. The SMILES string of the molecule is Cc1onc(C(=O)NC(N)=O)c1C. The number of rotatable bonds is 1. The first kappa shape index (κ1) is 9.24. The number of carbonyl (C=O) groups is 2. The van der Waals surface area contributed by atoms with E-state index in [1.807, 2.05) is 5.32 Å². The van der Waals surface area contributed by atoms with Crippen LogP contribution in [0.2, 0.25) is 0 Å². The van der Waals surface area contributed by atoms with Crippen LogP contribution in [0.4, 0.5) is 4.79 Å². The summed E-state index contributed by atoms with van der Waals surface area (Å²) in [4.78, 5) is 21.5. The van der Waals surface area contributed by atoms with Gasteiger partial charge in [0.05, 0.1) is 0 Å². The second kappa shape index (κ2) is 3.26. The van der Waals surface area contributed by atoms with Crippen molar-refractivity contribution in [3.05, 3.63) is 17.0 Å². The fraction of sp³-hybridized carbons (Fsp3) is 0.286. The molecule has 3 amide bonds. The summed E-state index contributed by atoms with van der Waals surface area (Å²) in [6.07, 6.45) is 0. The maximum absolute atomic E-state index is 11.2. The lowest BCUT2D eigenvalue weighted by Gasteiger charge is -1.95. The minimum absolute atomic E-state index is 0.0799. The fourth-order valence-electron chi connectivity index (χ4n) is 0.801. The first-order chi connectivity index (χ1) is 6.02. The normalized spacial score (nSPS) is 9.69. The van der Waals surface area contributed by atoms with E-state index in [9.17, 15) is 9.59 Å². The van der Waals surface area contributed by atoms with Gasteiger partial charge >= 0.3 is 6.03 Å². The average Bonchev–Trinajstić information content (AvgIpc) is 2.31. The van der Waals surface area contributed by atoms with Gasteiger partial charge in [0.2, 0.25) is 0 Å². The maximum Gasteiger partial charge on any atom is 0.319 e. The van der Waals surface area contributed by atoms with E-state index in [1.54, 1.807) is 13.8 Å². The van der Waals surface area contributed by atoms with E-state index >= 15 is 0 Å². The molecule has 0 aromatic carbocycles. The summed E-state index contributed by atoms with van der Waals surface area (Å²) < 4.78 is 4.74. The molecule has 0 aliphatic rings. The lowest BCUT2D eigenvalue weighted by molar-refractivity contribution is 0.0957. The van der Waals surface area contributed by atoms with Crippen LogP contribution in [-0.2, 0) is 0 Å². The Kier molecular flexibility index (Phi) is 2.32. The molecule has 0 radical (unpaired) electrons. The molecule has 70 valence electrons. The van der Waals surface area contributed by atoms with Crippen LogP contribution in [0, 0.1) is 13.8 Å². The van der Waals surface area contributed by atoms with Crippen LogP contribution in [0.15, 0.2) is 4.52 Å². The Hall–Kier alpha value is -1.85. The number of nitrogens with zero attached hydrogens (tertiary/aromatic N) is 1. The van der Waals surface area contributed by atoms with Crippen LogP contribution >= 0.6 is 0 Å². The van der Waals surface area contributed by atoms with Gasteiger partial charge in [-0.25, -0.2) is 4.79 Å². The number of primary amides is 1. The highest BCUT2D eigenvalue weighted by Crippen LogP contribution is 2.10. The number of amides is 3. The third-order valence-electron chi connectivity index (χ3n) is 1.61. The molecule has 0 aliphatic heterocycles. The zero-order valence-electron chi connectivity index (χ0n) is 7.25. The molecule has 0 fully saturated rings. The lowest BCUT2D eigenvalue weighted by Crippen LogP contribution is -2.35. The van der Waals surface area contributed by atoms with Crippen molar-refractivity contribution in [2.24, 2.45) is 5.73 Å². The van der Waals surface area contributed by atoms with Crippen LogP contribution in [0.5, 0.6) is 0 Å². The van der Waals surface area contributed by atoms with Gasteiger partial charge in [0.15, 0.2) is 5.69 Å². The first-order valence-electron chi connectivity index (χ1n) is 3.56. The van der Waals surface area contributed by atoms with Gasteiger partial charge in [-0.15, -0.1) is 0 Å². The quantitative estimate of drug-likeness (QED) is 0.645. The molecule has 0 spiro atoms. The standard InChI is InChI=1S/C7H9N3O3/c1-3-4(2)13-10-5(3)6(11)9-7(8)12/h1-2H3,(H3,8,9,11,12). The zero-order valence-corrected chi connectivity index (χ0v) is 7.25. The van der Waals surface area contributed by atoms with Crippen molar-refractivity contribution in [3.8, 4) is 0 Å². The third kappa shape index (κ3) is 1.84. The number of carbonyl (C=O) groups excluding carboxylic acids is 2. The number of hydrogen-bond acceptors (Lipinski definition) is 4. The van der Waals surface area contributed by atoms with Crippen molar-refractivity contribution in [3.63, 3.8) is 0 Å². The first-order valence-corrected chi connectivity index (χ1v) is 3.56. The Labute approximate surface area is 74.1 Å². The van der Waals surface area contributed by atoms with E-state index in [0.29, 0.717) is 11.3 Å². The van der Waals surface area contributed by atoms with Crippen LogP contribution in [-0.4, -0.2) is 17.1 Å². The molecule has 13 heavy (non-hydrogen) atoms. The molecule has 0 aliphatic carbocycles. The molecule has 0 saturated heterocycles. The number of urea groups is 1. The van der Waals surface area contributed by atoms with Gasteiger partial charge in [-0.3, -0.25) is 10.1 Å². The number of aromatic nitrogens is 1. The molecule has 0 unspecified atom stereocenters. The topological polar surface area (TPSA) is 98.2 Å². The zero-order chi connectivity index (χ0) is 10.0. The van der Waals surface area contributed by atoms with Gasteiger partial charge in [-0.1, -0.05) is 5.16 Å². The second-order valence-electron chi connectivity index (χ2n) is 2.53. The maximum atomic E-state index is 11.2. The minimum atomic E-state index is -0.912. The van der Waals surface area contributed by atoms with E-state index in [2.05, 4.69) is 5.16 Å². The summed E-state index contributed by atoms with van der Waals surface area (Å²) in [5.74, 6) is -0.114. The molecule has 6 heteroatoms. The Morgan fingerprint density at radius 2 is 2.08 bits per heavy atom. The fourth-order valence-corrected chi connectivity index (χ4v) is 0.801. The van der Waals surface area contributed by atoms with E-state index in [-0.39, 0.29) is 5.69 Å². The summed E-state index contributed by atoms with van der Waals surface area (Å²) >= 11 is 0.